The first kappa shape index (κ1) is 20.0. The number of alkyl halides is 2. The van der Waals surface area contributed by atoms with E-state index in [1.54, 1.807) is 0 Å². The fraction of sp³-hybridized carbons (Fsp3) is 0.188. The summed E-state index contributed by atoms with van der Waals surface area (Å²) in [5, 5.41) is 1.55. The number of hydrogen-bond acceptors (Lipinski definition) is 3. The Morgan fingerprint density at radius 2 is 1.73 bits per heavy atom. The third-order valence-electron chi connectivity index (χ3n) is 3.31. The van der Waals surface area contributed by atoms with Crippen molar-refractivity contribution in [3.8, 4) is 5.75 Å². The summed E-state index contributed by atoms with van der Waals surface area (Å²) in [5.74, 6) is -5.22. The number of rotatable bonds is 7. The Morgan fingerprint density at radius 1 is 1.12 bits per heavy atom. The number of ether oxygens (including phenoxy) is 1. The van der Waals surface area contributed by atoms with Crippen LogP contribution in [-0.2, 0) is 15.3 Å². The van der Waals surface area contributed by atoms with Crippen LogP contribution in [-0.4, -0.2) is 28.8 Å². The molecule has 0 aliphatic heterocycles. The molecule has 0 aliphatic rings. The number of amides is 1. The van der Waals surface area contributed by atoms with Crippen LogP contribution in [0.4, 0.5) is 13.2 Å². The molecule has 0 radical (unpaired) electrons. The number of carbonyl (C=O) groups excluding carboxylic acids is 1. The van der Waals surface area contributed by atoms with Crippen molar-refractivity contribution < 1.29 is 37.1 Å². The fourth-order valence-corrected chi connectivity index (χ4v) is 2.73. The zero-order chi connectivity index (χ0) is 19.4. The van der Waals surface area contributed by atoms with E-state index in [-0.39, 0.29) is 5.75 Å². The maximum atomic E-state index is 14.0. The smallest absolute Gasteiger partial charge is 0.359 e. The Bertz CT molecular complexity index is 823. The molecular formula is C16H15F3NO5P. The lowest BCUT2D eigenvalue weighted by atomic mass is 10.1. The minimum atomic E-state index is -4.61. The second kappa shape index (κ2) is 7.90. The summed E-state index contributed by atoms with van der Waals surface area (Å²) >= 11 is 0. The molecule has 0 unspecified atom stereocenters. The molecule has 0 aliphatic carbocycles. The van der Waals surface area contributed by atoms with E-state index in [1.165, 1.54) is 18.2 Å². The third-order valence-corrected chi connectivity index (χ3v) is 4.31. The highest BCUT2D eigenvalue weighted by Crippen LogP contribution is 2.37. The van der Waals surface area contributed by atoms with Gasteiger partial charge in [0.2, 0.25) is 0 Å². The Morgan fingerprint density at radius 3 is 2.35 bits per heavy atom. The molecule has 0 spiro atoms. The van der Waals surface area contributed by atoms with Crippen molar-refractivity contribution in [2.24, 2.45) is 0 Å². The number of nitrogens with one attached hydrogen (secondary N) is 1. The molecule has 0 saturated carbocycles. The number of hydrogen-bond donors (Lipinski definition) is 3. The molecule has 140 valence electrons. The van der Waals surface area contributed by atoms with Crippen LogP contribution in [0.1, 0.15) is 5.56 Å². The molecule has 3 N–H and O–H groups in total. The zero-order valence-electron chi connectivity index (χ0n) is 13.2. The van der Waals surface area contributed by atoms with Gasteiger partial charge in [0.1, 0.15) is 16.9 Å². The predicted molar refractivity (Wildman–Crippen MR) is 86.9 cm³/mol. The minimum Gasteiger partial charge on any atom is -0.483 e. The molecule has 6 nitrogen and oxygen atoms in total. The monoisotopic (exact) mass is 389 g/mol. The Labute approximate surface area is 146 Å². The fourth-order valence-electron chi connectivity index (χ4n) is 2.02. The first-order valence-electron chi connectivity index (χ1n) is 7.28. The highest BCUT2D eigenvalue weighted by atomic mass is 31.2. The van der Waals surface area contributed by atoms with E-state index in [2.05, 4.69) is 0 Å². The van der Waals surface area contributed by atoms with Crippen LogP contribution >= 0.6 is 7.60 Å². The Hall–Kier alpha value is -2.35. The van der Waals surface area contributed by atoms with Gasteiger partial charge in [-0.1, -0.05) is 24.3 Å². The van der Waals surface area contributed by atoms with Gasteiger partial charge in [0, 0.05) is 5.56 Å². The lowest BCUT2D eigenvalue weighted by Gasteiger charge is -2.18. The molecule has 0 aromatic heterocycles. The average molecular weight is 389 g/mol. The quantitative estimate of drug-likeness (QED) is 0.629. The van der Waals surface area contributed by atoms with Crippen molar-refractivity contribution in [2.45, 2.75) is 5.92 Å². The summed E-state index contributed by atoms with van der Waals surface area (Å²) in [6, 6.07) is 8.79. The summed E-state index contributed by atoms with van der Waals surface area (Å²) < 4.78 is 57.0. The van der Waals surface area contributed by atoms with Crippen molar-refractivity contribution in [2.75, 3.05) is 13.2 Å². The van der Waals surface area contributed by atoms with E-state index in [9.17, 15) is 32.3 Å². The van der Waals surface area contributed by atoms with Gasteiger partial charge in [0.05, 0.1) is 6.54 Å². The van der Waals surface area contributed by atoms with Crippen LogP contribution in [0.5, 0.6) is 5.75 Å². The molecular weight excluding hydrogens is 374 g/mol. The lowest BCUT2D eigenvalue weighted by molar-refractivity contribution is -0.125. The van der Waals surface area contributed by atoms with Crippen molar-refractivity contribution in [1.29, 1.82) is 0 Å². The van der Waals surface area contributed by atoms with Crippen molar-refractivity contribution in [1.82, 2.24) is 5.32 Å². The average Bonchev–Trinajstić information content (AvgIpc) is 2.58. The zero-order valence-corrected chi connectivity index (χ0v) is 14.1. The van der Waals surface area contributed by atoms with Gasteiger partial charge in [-0.05, 0) is 24.3 Å². The normalized spacial score (nSPS) is 11.9. The third kappa shape index (κ3) is 5.32. The van der Waals surface area contributed by atoms with Gasteiger partial charge in [-0.3, -0.25) is 9.36 Å². The van der Waals surface area contributed by atoms with Crippen LogP contribution in [0, 0.1) is 5.82 Å². The van der Waals surface area contributed by atoms with Gasteiger partial charge in [-0.2, -0.15) is 8.78 Å². The van der Waals surface area contributed by atoms with Gasteiger partial charge in [-0.15, -0.1) is 0 Å². The van der Waals surface area contributed by atoms with Gasteiger partial charge in [0.15, 0.2) is 6.61 Å². The largest absolute Gasteiger partial charge is 0.483 e. The highest BCUT2D eigenvalue weighted by Gasteiger charge is 2.32. The molecule has 0 atom stereocenters. The summed E-state index contributed by atoms with van der Waals surface area (Å²) in [6.45, 7) is -1.75. The molecule has 2 rings (SSSR count). The first-order valence-corrected chi connectivity index (χ1v) is 8.89. The topological polar surface area (TPSA) is 95.9 Å². The molecule has 26 heavy (non-hydrogen) atoms. The van der Waals surface area contributed by atoms with Crippen molar-refractivity contribution in [3.05, 3.63) is 59.9 Å². The summed E-state index contributed by atoms with van der Waals surface area (Å²) in [6.07, 6.45) is 0. The Kier molecular flexibility index (Phi) is 6.07. The number of halogens is 3. The van der Waals surface area contributed by atoms with Crippen LogP contribution in [0.2, 0.25) is 0 Å². The molecule has 0 bridgehead atoms. The van der Waals surface area contributed by atoms with E-state index in [4.69, 9.17) is 4.74 Å². The van der Waals surface area contributed by atoms with E-state index in [1.807, 2.05) is 5.32 Å². The first-order chi connectivity index (χ1) is 12.1. The van der Waals surface area contributed by atoms with E-state index in [0.29, 0.717) is 0 Å². The standard InChI is InChI=1S/C16H15F3NO5P/c17-12-7-5-11(6-8-12)16(18,19)10-20-15(21)9-25-13-3-1-2-4-14(13)26(22,23)24/h1-8H,9-10H2,(H,20,21)(H2,22,23,24). The van der Waals surface area contributed by atoms with Crippen LogP contribution < -0.4 is 15.4 Å². The van der Waals surface area contributed by atoms with Gasteiger partial charge >= 0.3 is 7.60 Å². The van der Waals surface area contributed by atoms with Crippen molar-refractivity contribution >= 4 is 18.8 Å². The number of benzene rings is 2. The molecule has 1 amide bonds. The van der Waals surface area contributed by atoms with E-state index in [0.717, 1.165) is 30.3 Å². The number of para-hydroxylation sites is 1. The molecule has 10 heteroatoms. The van der Waals surface area contributed by atoms with Crippen LogP contribution in [0.3, 0.4) is 0 Å². The van der Waals surface area contributed by atoms with Crippen LogP contribution in [0.25, 0.3) is 0 Å². The summed E-state index contributed by atoms with van der Waals surface area (Å²) in [5.41, 5.74) is -0.466. The summed E-state index contributed by atoms with van der Waals surface area (Å²) in [7, 11) is -4.61. The minimum absolute atomic E-state index is 0.221. The molecule has 0 saturated heterocycles. The van der Waals surface area contributed by atoms with E-state index < -0.39 is 49.3 Å². The molecule has 0 fully saturated rings. The van der Waals surface area contributed by atoms with Gasteiger partial charge in [0.25, 0.3) is 11.8 Å². The lowest BCUT2D eigenvalue weighted by Crippen LogP contribution is -2.37. The Balaban J connectivity index is 1.94. The molecule has 0 heterocycles. The molecule has 2 aromatic rings. The summed E-state index contributed by atoms with van der Waals surface area (Å²) in [4.78, 5) is 30.1. The van der Waals surface area contributed by atoms with Crippen LogP contribution in [0.15, 0.2) is 48.5 Å². The second-order valence-corrected chi connectivity index (χ2v) is 6.86. The van der Waals surface area contributed by atoms with Crippen molar-refractivity contribution in [3.63, 3.8) is 0 Å². The second-order valence-electron chi connectivity index (χ2n) is 5.29. The van der Waals surface area contributed by atoms with Gasteiger partial charge in [-0.25, -0.2) is 4.39 Å². The SMILES string of the molecule is O=C(COc1ccccc1P(=O)(O)O)NCC(F)(F)c1ccc(F)cc1. The number of carbonyl (C=O) groups is 1. The maximum Gasteiger partial charge on any atom is 0.359 e. The van der Waals surface area contributed by atoms with Gasteiger partial charge < -0.3 is 19.8 Å². The maximum absolute atomic E-state index is 14.0. The highest BCUT2D eigenvalue weighted by molar-refractivity contribution is 7.60. The predicted octanol–water partition coefficient (Wildman–Crippen LogP) is 1.92. The molecule has 2 aromatic carbocycles. The van der Waals surface area contributed by atoms with E-state index >= 15 is 0 Å².